The Hall–Kier alpha value is -0.900. The van der Waals surface area contributed by atoms with E-state index in [9.17, 15) is 0 Å². The van der Waals surface area contributed by atoms with Gasteiger partial charge in [0.15, 0.2) is 0 Å². The van der Waals surface area contributed by atoms with Crippen molar-refractivity contribution >= 4 is 0 Å². The van der Waals surface area contributed by atoms with Crippen LogP contribution in [0.4, 0.5) is 0 Å². The van der Waals surface area contributed by atoms with Gasteiger partial charge >= 0.3 is 0 Å². The third-order valence-corrected chi connectivity index (χ3v) is 3.24. The summed E-state index contributed by atoms with van der Waals surface area (Å²) in [6, 6.07) is 10.7. The van der Waals surface area contributed by atoms with Crippen molar-refractivity contribution in [1.82, 2.24) is 10.2 Å². The van der Waals surface area contributed by atoms with Gasteiger partial charge in [-0.1, -0.05) is 30.3 Å². The molecule has 0 bridgehead atoms. The number of rotatable bonds is 7. The Bertz CT molecular complexity index is 311. The van der Waals surface area contributed by atoms with Crippen LogP contribution in [0.3, 0.4) is 0 Å². The SMILES string of the molecule is COCCN(Cc1ccccc1)CC1CNC1. The third-order valence-electron chi connectivity index (χ3n) is 3.24. The molecule has 1 fully saturated rings. The van der Waals surface area contributed by atoms with Gasteiger partial charge in [0, 0.05) is 39.8 Å². The molecule has 1 heterocycles. The maximum absolute atomic E-state index is 5.19. The Labute approximate surface area is 104 Å². The smallest absolute Gasteiger partial charge is 0.0589 e. The Kier molecular flexibility index (Phi) is 4.98. The van der Waals surface area contributed by atoms with E-state index >= 15 is 0 Å². The molecule has 1 aliphatic rings. The van der Waals surface area contributed by atoms with E-state index in [0.29, 0.717) is 0 Å². The Balaban J connectivity index is 1.85. The normalized spacial score (nSPS) is 16.1. The number of nitrogens with one attached hydrogen (secondary N) is 1. The van der Waals surface area contributed by atoms with Crippen molar-refractivity contribution in [2.45, 2.75) is 6.54 Å². The van der Waals surface area contributed by atoms with Crippen molar-refractivity contribution in [2.24, 2.45) is 5.92 Å². The number of hydrogen-bond acceptors (Lipinski definition) is 3. The van der Waals surface area contributed by atoms with Crippen molar-refractivity contribution in [3.8, 4) is 0 Å². The van der Waals surface area contributed by atoms with E-state index in [1.807, 2.05) is 0 Å². The standard InChI is InChI=1S/C14H22N2O/c1-17-8-7-16(12-14-9-15-10-14)11-13-5-3-2-4-6-13/h2-6,14-15H,7-12H2,1H3. The molecule has 3 nitrogen and oxygen atoms in total. The highest BCUT2D eigenvalue weighted by Crippen LogP contribution is 2.10. The summed E-state index contributed by atoms with van der Waals surface area (Å²) in [7, 11) is 1.77. The van der Waals surface area contributed by atoms with Crippen LogP contribution < -0.4 is 5.32 Å². The van der Waals surface area contributed by atoms with Gasteiger partial charge < -0.3 is 10.1 Å². The second-order valence-electron chi connectivity index (χ2n) is 4.74. The minimum absolute atomic E-state index is 0.812. The summed E-state index contributed by atoms with van der Waals surface area (Å²) in [4.78, 5) is 2.49. The second kappa shape index (κ2) is 6.74. The lowest BCUT2D eigenvalue weighted by atomic mass is 10.0. The molecule has 1 N–H and O–H groups in total. The fourth-order valence-corrected chi connectivity index (χ4v) is 2.14. The summed E-state index contributed by atoms with van der Waals surface area (Å²) in [6.45, 7) is 6.36. The Morgan fingerprint density at radius 1 is 1.29 bits per heavy atom. The van der Waals surface area contributed by atoms with E-state index in [4.69, 9.17) is 4.74 Å². The summed E-state index contributed by atoms with van der Waals surface area (Å²) >= 11 is 0. The van der Waals surface area contributed by atoms with Crippen LogP contribution >= 0.6 is 0 Å². The van der Waals surface area contributed by atoms with Crippen LogP contribution in [0.2, 0.25) is 0 Å². The molecule has 0 amide bonds. The summed E-state index contributed by atoms with van der Waals surface area (Å²) in [5.41, 5.74) is 1.39. The summed E-state index contributed by atoms with van der Waals surface area (Å²) in [6.07, 6.45) is 0. The highest BCUT2D eigenvalue weighted by atomic mass is 16.5. The zero-order valence-corrected chi connectivity index (χ0v) is 10.6. The molecule has 0 atom stereocenters. The maximum atomic E-state index is 5.19. The highest BCUT2D eigenvalue weighted by Gasteiger charge is 2.19. The van der Waals surface area contributed by atoms with Crippen LogP contribution in [-0.4, -0.2) is 44.8 Å². The zero-order chi connectivity index (χ0) is 11.9. The van der Waals surface area contributed by atoms with Crippen molar-refractivity contribution in [2.75, 3.05) is 39.9 Å². The molecule has 17 heavy (non-hydrogen) atoms. The van der Waals surface area contributed by atoms with E-state index in [2.05, 4.69) is 40.5 Å². The predicted molar refractivity (Wildman–Crippen MR) is 70.0 cm³/mol. The fraction of sp³-hybridized carbons (Fsp3) is 0.571. The average molecular weight is 234 g/mol. The molecule has 1 aromatic rings. The average Bonchev–Trinajstić information content (AvgIpc) is 2.31. The van der Waals surface area contributed by atoms with Crippen LogP contribution in [0.25, 0.3) is 0 Å². The van der Waals surface area contributed by atoms with Crippen molar-refractivity contribution in [3.63, 3.8) is 0 Å². The summed E-state index contributed by atoms with van der Waals surface area (Å²) < 4.78 is 5.19. The van der Waals surface area contributed by atoms with Gasteiger partial charge in [-0.3, -0.25) is 4.90 Å². The lowest BCUT2D eigenvalue weighted by Gasteiger charge is -2.33. The molecule has 1 aromatic carbocycles. The zero-order valence-electron chi connectivity index (χ0n) is 10.6. The molecule has 0 aromatic heterocycles. The Morgan fingerprint density at radius 3 is 2.65 bits per heavy atom. The quantitative estimate of drug-likeness (QED) is 0.771. The molecular weight excluding hydrogens is 212 g/mol. The molecular formula is C14H22N2O. The second-order valence-corrected chi connectivity index (χ2v) is 4.74. The maximum Gasteiger partial charge on any atom is 0.0589 e. The minimum atomic E-state index is 0.812. The largest absolute Gasteiger partial charge is 0.383 e. The molecule has 3 heteroatoms. The van der Waals surface area contributed by atoms with Crippen LogP contribution in [-0.2, 0) is 11.3 Å². The number of ether oxygens (including phenoxy) is 1. The van der Waals surface area contributed by atoms with Crippen LogP contribution in [0.15, 0.2) is 30.3 Å². The van der Waals surface area contributed by atoms with Crippen LogP contribution in [0.5, 0.6) is 0 Å². The topological polar surface area (TPSA) is 24.5 Å². The number of hydrogen-bond donors (Lipinski definition) is 1. The van der Waals surface area contributed by atoms with E-state index < -0.39 is 0 Å². The van der Waals surface area contributed by atoms with Gasteiger partial charge in [0.25, 0.3) is 0 Å². The monoisotopic (exact) mass is 234 g/mol. The fourth-order valence-electron chi connectivity index (χ4n) is 2.14. The molecule has 0 radical (unpaired) electrons. The first-order valence-corrected chi connectivity index (χ1v) is 6.34. The molecule has 94 valence electrons. The number of methoxy groups -OCH3 is 1. The van der Waals surface area contributed by atoms with E-state index in [1.165, 1.54) is 12.1 Å². The van der Waals surface area contributed by atoms with Crippen molar-refractivity contribution < 1.29 is 4.74 Å². The van der Waals surface area contributed by atoms with E-state index in [0.717, 1.165) is 38.7 Å². The van der Waals surface area contributed by atoms with E-state index in [1.54, 1.807) is 7.11 Å². The van der Waals surface area contributed by atoms with Gasteiger partial charge in [0.05, 0.1) is 6.61 Å². The minimum Gasteiger partial charge on any atom is -0.383 e. The van der Waals surface area contributed by atoms with E-state index in [-0.39, 0.29) is 0 Å². The van der Waals surface area contributed by atoms with Gasteiger partial charge in [-0.15, -0.1) is 0 Å². The molecule has 2 rings (SSSR count). The lowest BCUT2D eigenvalue weighted by molar-refractivity contribution is 0.122. The van der Waals surface area contributed by atoms with Crippen LogP contribution in [0.1, 0.15) is 5.56 Å². The van der Waals surface area contributed by atoms with Gasteiger partial charge in [0.1, 0.15) is 0 Å². The highest BCUT2D eigenvalue weighted by molar-refractivity contribution is 5.14. The van der Waals surface area contributed by atoms with Gasteiger partial charge in [-0.25, -0.2) is 0 Å². The number of benzene rings is 1. The van der Waals surface area contributed by atoms with Gasteiger partial charge in [-0.05, 0) is 11.5 Å². The lowest BCUT2D eigenvalue weighted by Crippen LogP contribution is -2.48. The first-order valence-electron chi connectivity index (χ1n) is 6.34. The molecule has 0 aliphatic carbocycles. The van der Waals surface area contributed by atoms with Gasteiger partial charge in [0.2, 0.25) is 0 Å². The van der Waals surface area contributed by atoms with Crippen molar-refractivity contribution in [3.05, 3.63) is 35.9 Å². The first kappa shape index (κ1) is 12.6. The molecule has 1 saturated heterocycles. The summed E-state index contributed by atoms with van der Waals surface area (Å²) in [5, 5.41) is 3.33. The molecule has 1 aliphatic heterocycles. The predicted octanol–water partition coefficient (Wildman–Crippen LogP) is 1.35. The van der Waals surface area contributed by atoms with Crippen molar-refractivity contribution in [1.29, 1.82) is 0 Å². The summed E-state index contributed by atoms with van der Waals surface area (Å²) in [5.74, 6) is 0.815. The first-order chi connectivity index (χ1) is 8.38. The number of nitrogens with zero attached hydrogens (tertiary/aromatic N) is 1. The molecule has 0 saturated carbocycles. The van der Waals surface area contributed by atoms with Gasteiger partial charge in [-0.2, -0.15) is 0 Å². The molecule has 0 unspecified atom stereocenters. The van der Waals surface area contributed by atoms with Crippen LogP contribution in [0, 0.1) is 5.92 Å². The Morgan fingerprint density at radius 2 is 2.06 bits per heavy atom. The molecule has 0 spiro atoms. The third kappa shape index (κ3) is 4.11.